The minimum atomic E-state index is 0.532. The van der Waals surface area contributed by atoms with Crippen molar-refractivity contribution in [1.29, 1.82) is 0 Å². The molecule has 0 saturated heterocycles. The second-order valence-electron chi connectivity index (χ2n) is 3.90. The van der Waals surface area contributed by atoms with E-state index in [-0.39, 0.29) is 0 Å². The highest BCUT2D eigenvalue weighted by Crippen LogP contribution is 2.26. The Labute approximate surface area is 102 Å². The van der Waals surface area contributed by atoms with Gasteiger partial charge in [0.2, 0.25) is 0 Å². The second-order valence-corrected chi connectivity index (χ2v) is 4.31. The van der Waals surface area contributed by atoms with Gasteiger partial charge in [-0.1, -0.05) is 18.5 Å². The first-order chi connectivity index (χ1) is 7.67. The second kappa shape index (κ2) is 6.61. The summed E-state index contributed by atoms with van der Waals surface area (Å²) in [6.07, 6.45) is 1.04. The van der Waals surface area contributed by atoms with Gasteiger partial charge in [0.25, 0.3) is 0 Å². The maximum absolute atomic E-state index is 6.09. The van der Waals surface area contributed by atoms with E-state index in [1.807, 2.05) is 12.1 Å². The molecular formula is C12H19ClN2O. The van der Waals surface area contributed by atoms with Crippen LogP contribution in [0.4, 0.5) is 5.69 Å². The fourth-order valence-electron chi connectivity index (χ4n) is 1.34. The maximum atomic E-state index is 6.09. The van der Waals surface area contributed by atoms with Crippen molar-refractivity contribution >= 4 is 17.3 Å². The highest BCUT2D eigenvalue weighted by molar-refractivity contribution is 6.33. The first kappa shape index (κ1) is 13.1. The number of methoxy groups -OCH3 is 1. The molecular weight excluding hydrogens is 224 g/mol. The van der Waals surface area contributed by atoms with Crippen LogP contribution in [-0.4, -0.2) is 20.2 Å². The Balaban J connectivity index is 2.48. The Morgan fingerprint density at radius 3 is 2.81 bits per heavy atom. The smallest absolute Gasteiger partial charge is 0.120 e. The summed E-state index contributed by atoms with van der Waals surface area (Å²) in [5.74, 6) is 1.30. The van der Waals surface area contributed by atoms with Crippen LogP contribution in [0.3, 0.4) is 0 Å². The van der Waals surface area contributed by atoms with E-state index in [4.69, 9.17) is 22.1 Å². The first-order valence-corrected chi connectivity index (χ1v) is 5.82. The number of hydrogen-bond donors (Lipinski definition) is 2. The Bertz CT molecular complexity index is 331. The van der Waals surface area contributed by atoms with Crippen LogP contribution >= 0.6 is 11.6 Å². The van der Waals surface area contributed by atoms with Gasteiger partial charge in [-0.25, -0.2) is 0 Å². The van der Waals surface area contributed by atoms with Gasteiger partial charge >= 0.3 is 0 Å². The van der Waals surface area contributed by atoms with Crippen LogP contribution in [0.2, 0.25) is 5.02 Å². The highest BCUT2D eigenvalue weighted by atomic mass is 35.5. The van der Waals surface area contributed by atoms with E-state index < -0.39 is 0 Å². The third-order valence-corrected chi connectivity index (χ3v) is 2.84. The topological polar surface area (TPSA) is 47.3 Å². The maximum Gasteiger partial charge on any atom is 0.120 e. The molecule has 0 amide bonds. The average molecular weight is 243 g/mol. The molecule has 0 aliphatic heterocycles. The number of hydrogen-bond acceptors (Lipinski definition) is 3. The number of ether oxygens (including phenoxy) is 1. The van der Waals surface area contributed by atoms with Crippen LogP contribution in [0.1, 0.15) is 13.3 Å². The summed E-state index contributed by atoms with van der Waals surface area (Å²) in [6, 6.07) is 5.62. The Hall–Kier alpha value is -0.930. The molecule has 0 heterocycles. The predicted molar refractivity (Wildman–Crippen MR) is 69.3 cm³/mol. The van der Waals surface area contributed by atoms with E-state index in [1.54, 1.807) is 13.2 Å². The van der Waals surface area contributed by atoms with Crippen molar-refractivity contribution < 1.29 is 4.74 Å². The SMILES string of the molecule is COc1ccc(NCCC(C)CN)c(Cl)c1. The zero-order valence-electron chi connectivity index (χ0n) is 9.79. The fraction of sp³-hybridized carbons (Fsp3) is 0.500. The zero-order chi connectivity index (χ0) is 12.0. The van der Waals surface area contributed by atoms with Crippen LogP contribution in [0.5, 0.6) is 5.75 Å². The summed E-state index contributed by atoms with van der Waals surface area (Å²) in [5.41, 5.74) is 6.49. The summed E-state index contributed by atoms with van der Waals surface area (Å²) in [4.78, 5) is 0. The third-order valence-electron chi connectivity index (χ3n) is 2.53. The van der Waals surface area contributed by atoms with Gasteiger partial charge in [0.15, 0.2) is 0 Å². The lowest BCUT2D eigenvalue weighted by Crippen LogP contribution is -2.15. The molecule has 1 unspecified atom stereocenters. The Kier molecular flexibility index (Phi) is 5.43. The van der Waals surface area contributed by atoms with Crippen LogP contribution in [0, 0.1) is 5.92 Å². The average Bonchev–Trinajstić information content (AvgIpc) is 2.30. The van der Waals surface area contributed by atoms with Crippen LogP contribution in [0.25, 0.3) is 0 Å². The largest absolute Gasteiger partial charge is 0.497 e. The third kappa shape index (κ3) is 3.91. The zero-order valence-corrected chi connectivity index (χ0v) is 10.6. The van der Waals surface area contributed by atoms with Gasteiger partial charge in [-0.05, 0) is 31.0 Å². The normalized spacial score (nSPS) is 12.2. The van der Waals surface area contributed by atoms with E-state index in [0.29, 0.717) is 10.9 Å². The number of rotatable bonds is 6. The molecule has 90 valence electrons. The monoisotopic (exact) mass is 242 g/mol. The van der Waals surface area contributed by atoms with Crippen molar-refractivity contribution in [2.45, 2.75) is 13.3 Å². The molecule has 4 heteroatoms. The van der Waals surface area contributed by atoms with Gasteiger partial charge in [0.1, 0.15) is 5.75 Å². The minimum Gasteiger partial charge on any atom is -0.497 e. The van der Waals surface area contributed by atoms with E-state index in [1.165, 1.54) is 0 Å². The number of benzene rings is 1. The van der Waals surface area contributed by atoms with Crippen molar-refractivity contribution in [1.82, 2.24) is 0 Å². The van der Waals surface area contributed by atoms with Crippen molar-refractivity contribution in [3.05, 3.63) is 23.2 Å². The van der Waals surface area contributed by atoms with Gasteiger partial charge in [0.05, 0.1) is 17.8 Å². The summed E-state index contributed by atoms with van der Waals surface area (Å²) in [7, 11) is 1.63. The molecule has 1 atom stereocenters. The molecule has 1 rings (SSSR count). The van der Waals surface area contributed by atoms with Gasteiger partial charge in [0, 0.05) is 12.6 Å². The molecule has 0 radical (unpaired) electrons. The van der Waals surface area contributed by atoms with Gasteiger partial charge in [-0.3, -0.25) is 0 Å². The molecule has 3 nitrogen and oxygen atoms in total. The lowest BCUT2D eigenvalue weighted by Gasteiger charge is -2.12. The van der Waals surface area contributed by atoms with Crippen molar-refractivity contribution in [2.75, 3.05) is 25.5 Å². The lowest BCUT2D eigenvalue weighted by atomic mass is 10.1. The van der Waals surface area contributed by atoms with E-state index in [2.05, 4.69) is 12.2 Å². The van der Waals surface area contributed by atoms with Gasteiger partial charge in [-0.15, -0.1) is 0 Å². The highest BCUT2D eigenvalue weighted by Gasteiger charge is 2.03. The number of halogens is 1. The van der Waals surface area contributed by atoms with Gasteiger partial charge < -0.3 is 15.8 Å². The molecule has 0 spiro atoms. The molecule has 0 saturated carbocycles. The first-order valence-electron chi connectivity index (χ1n) is 5.45. The lowest BCUT2D eigenvalue weighted by molar-refractivity contribution is 0.415. The van der Waals surface area contributed by atoms with E-state index in [0.717, 1.165) is 30.9 Å². The van der Waals surface area contributed by atoms with Crippen LogP contribution in [-0.2, 0) is 0 Å². The van der Waals surface area contributed by atoms with Crippen molar-refractivity contribution in [2.24, 2.45) is 11.7 Å². The minimum absolute atomic E-state index is 0.532. The van der Waals surface area contributed by atoms with Crippen molar-refractivity contribution in [3.8, 4) is 5.75 Å². The fourth-order valence-corrected chi connectivity index (χ4v) is 1.57. The van der Waals surface area contributed by atoms with Gasteiger partial charge in [-0.2, -0.15) is 0 Å². The standard InChI is InChI=1S/C12H19ClN2O/c1-9(8-14)5-6-15-12-4-3-10(16-2)7-11(12)13/h3-4,7,9,15H,5-6,8,14H2,1-2H3. The molecule has 0 aliphatic carbocycles. The van der Waals surface area contributed by atoms with E-state index in [9.17, 15) is 0 Å². The predicted octanol–water partition coefficient (Wildman–Crippen LogP) is 2.75. The molecule has 1 aromatic rings. The number of anilines is 1. The molecule has 16 heavy (non-hydrogen) atoms. The van der Waals surface area contributed by atoms with E-state index >= 15 is 0 Å². The van der Waals surface area contributed by atoms with Crippen LogP contribution < -0.4 is 15.8 Å². The Morgan fingerprint density at radius 1 is 1.50 bits per heavy atom. The molecule has 0 fully saturated rings. The molecule has 0 aliphatic rings. The summed E-state index contributed by atoms with van der Waals surface area (Å²) >= 11 is 6.09. The molecule has 1 aromatic carbocycles. The summed E-state index contributed by atoms with van der Waals surface area (Å²) in [5, 5.41) is 3.97. The summed E-state index contributed by atoms with van der Waals surface area (Å²) in [6.45, 7) is 3.74. The molecule has 0 aromatic heterocycles. The van der Waals surface area contributed by atoms with Crippen molar-refractivity contribution in [3.63, 3.8) is 0 Å². The number of nitrogens with one attached hydrogen (secondary N) is 1. The summed E-state index contributed by atoms with van der Waals surface area (Å²) < 4.78 is 5.08. The quantitative estimate of drug-likeness (QED) is 0.807. The number of nitrogens with two attached hydrogens (primary N) is 1. The molecule has 0 bridgehead atoms. The Morgan fingerprint density at radius 2 is 2.25 bits per heavy atom. The van der Waals surface area contributed by atoms with Crippen LogP contribution in [0.15, 0.2) is 18.2 Å². The molecule has 3 N–H and O–H groups in total.